The molecule has 5 rings (SSSR count). The highest BCUT2D eigenvalue weighted by molar-refractivity contribution is 6.03. The molecule has 0 N–H and O–H groups in total. The summed E-state index contributed by atoms with van der Waals surface area (Å²) >= 11 is 0. The van der Waals surface area contributed by atoms with Crippen molar-refractivity contribution in [3.05, 3.63) is 95.6 Å². The van der Waals surface area contributed by atoms with Crippen LogP contribution in [0.1, 0.15) is 33.9 Å². The maximum atomic E-state index is 13.2. The van der Waals surface area contributed by atoms with Gasteiger partial charge < -0.3 is 9.47 Å². The number of carbonyl (C=O) groups is 1. The molecule has 0 unspecified atom stereocenters. The quantitative estimate of drug-likeness (QED) is 0.624. The molecule has 0 radical (unpaired) electrons. The van der Waals surface area contributed by atoms with E-state index < -0.39 is 6.23 Å². The Balaban J connectivity index is 1.54. The van der Waals surface area contributed by atoms with Crippen LogP contribution in [0.2, 0.25) is 0 Å². The summed E-state index contributed by atoms with van der Waals surface area (Å²) in [5, 5.41) is 6.64. The minimum Gasteiger partial charge on any atom is -0.497 e. The summed E-state index contributed by atoms with van der Waals surface area (Å²) in [5.41, 5.74) is 3.62. The molecule has 0 aromatic heterocycles. The van der Waals surface area contributed by atoms with Crippen molar-refractivity contribution in [1.29, 1.82) is 0 Å². The standard InChI is InChI=1S/C24H20N2O3/c1-28-18-13-11-16(12-14-18)20-15-21-19-9-5-6-10-22(19)29-24(26(21)25-20)23(27)17-7-3-2-4-8-17/h2-14,21,24H,15H2,1H3/t21-,24-/m0/s1. The van der Waals surface area contributed by atoms with Crippen molar-refractivity contribution in [1.82, 2.24) is 5.01 Å². The van der Waals surface area contributed by atoms with Gasteiger partial charge in [0, 0.05) is 17.5 Å². The highest BCUT2D eigenvalue weighted by Gasteiger charge is 2.43. The van der Waals surface area contributed by atoms with Gasteiger partial charge in [0.15, 0.2) is 0 Å². The lowest BCUT2D eigenvalue weighted by atomic mass is 9.96. The number of rotatable bonds is 4. The molecule has 29 heavy (non-hydrogen) atoms. The lowest BCUT2D eigenvalue weighted by Gasteiger charge is -2.37. The summed E-state index contributed by atoms with van der Waals surface area (Å²) in [4.78, 5) is 13.2. The predicted molar refractivity (Wildman–Crippen MR) is 110 cm³/mol. The Morgan fingerprint density at radius 3 is 2.48 bits per heavy atom. The zero-order valence-electron chi connectivity index (χ0n) is 16.0. The van der Waals surface area contributed by atoms with E-state index in [-0.39, 0.29) is 11.8 Å². The number of hydrogen-bond donors (Lipinski definition) is 0. The molecule has 0 saturated carbocycles. The molecule has 5 nitrogen and oxygen atoms in total. The van der Waals surface area contributed by atoms with Crippen LogP contribution in [-0.4, -0.2) is 29.8 Å². The number of hydrazone groups is 1. The van der Waals surface area contributed by atoms with Crippen molar-refractivity contribution in [2.24, 2.45) is 5.10 Å². The molecule has 0 fully saturated rings. The number of ether oxygens (including phenoxy) is 2. The SMILES string of the molecule is COc1ccc(C2=NN3[C@H](C(=O)c4ccccc4)Oc4ccccc4[C@@H]3C2)cc1. The van der Waals surface area contributed by atoms with Crippen molar-refractivity contribution < 1.29 is 14.3 Å². The number of para-hydroxylation sites is 1. The smallest absolute Gasteiger partial charge is 0.251 e. The van der Waals surface area contributed by atoms with E-state index in [1.165, 1.54) is 0 Å². The zero-order valence-corrected chi connectivity index (χ0v) is 16.0. The maximum Gasteiger partial charge on any atom is 0.251 e. The molecular formula is C24H20N2O3. The summed E-state index contributed by atoms with van der Waals surface area (Å²) in [6, 6.07) is 24.9. The van der Waals surface area contributed by atoms with E-state index in [9.17, 15) is 4.79 Å². The Bertz CT molecular complexity index is 1080. The number of fused-ring (bicyclic) bond motifs is 3. The van der Waals surface area contributed by atoms with Gasteiger partial charge in [-0.1, -0.05) is 48.5 Å². The molecule has 0 bridgehead atoms. The summed E-state index contributed by atoms with van der Waals surface area (Å²) in [6.07, 6.45) is -0.0707. The van der Waals surface area contributed by atoms with Gasteiger partial charge in [0.1, 0.15) is 11.5 Å². The van der Waals surface area contributed by atoms with Gasteiger partial charge in [-0.15, -0.1) is 0 Å². The number of benzene rings is 3. The normalized spacial score (nSPS) is 19.6. The van der Waals surface area contributed by atoms with Crippen molar-refractivity contribution >= 4 is 11.5 Å². The first-order valence-electron chi connectivity index (χ1n) is 9.59. The lowest BCUT2D eigenvalue weighted by Crippen LogP contribution is -2.45. The fourth-order valence-electron chi connectivity index (χ4n) is 3.91. The monoisotopic (exact) mass is 384 g/mol. The van der Waals surface area contributed by atoms with E-state index in [0.29, 0.717) is 12.0 Å². The fourth-order valence-corrected chi connectivity index (χ4v) is 3.91. The topological polar surface area (TPSA) is 51.1 Å². The molecule has 2 atom stereocenters. The van der Waals surface area contributed by atoms with Gasteiger partial charge in [0.05, 0.1) is 18.9 Å². The Kier molecular flexibility index (Phi) is 4.28. The van der Waals surface area contributed by atoms with E-state index in [2.05, 4.69) is 0 Å². The van der Waals surface area contributed by atoms with Gasteiger partial charge in [0.25, 0.3) is 6.23 Å². The zero-order chi connectivity index (χ0) is 19.8. The third-order valence-corrected chi connectivity index (χ3v) is 5.40. The van der Waals surface area contributed by atoms with Crippen LogP contribution in [0, 0.1) is 0 Å². The average Bonchev–Trinajstić information content (AvgIpc) is 3.24. The average molecular weight is 384 g/mol. The summed E-state index contributed by atoms with van der Waals surface area (Å²) in [5.74, 6) is 1.45. The van der Waals surface area contributed by atoms with Crippen LogP contribution < -0.4 is 9.47 Å². The van der Waals surface area contributed by atoms with E-state index in [4.69, 9.17) is 14.6 Å². The molecule has 2 aliphatic rings. The van der Waals surface area contributed by atoms with Gasteiger partial charge in [0.2, 0.25) is 5.78 Å². The van der Waals surface area contributed by atoms with Crippen molar-refractivity contribution in [3.63, 3.8) is 0 Å². The third kappa shape index (κ3) is 3.05. The number of Topliss-reactive ketones (excluding diaryl/α,β-unsaturated/α-hetero) is 1. The molecule has 0 spiro atoms. The van der Waals surface area contributed by atoms with Gasteiger partial charge in [-0.25, -0.2) is 5.01 Å². The first-order valence-corrected chi connectivity index (χ1v) is 9.59. The second kappa shape index (κ2) is 7.09. The molecule has 0 amide bonds. The van der Waals surface area contributed by atoms with Crippen molar-refractivity contribution in [2.45, 2.75) is 18.7 Å². The Labute approximate surface area is 169 Å². The molecule has 144 valence electrons. The van der Waals surface area contributed by atoms with Crippen LogP contribution in [-0.2, 0) is 0 Å². The first kappa shape index (κ1) is 17.5. The predicted octanol–water partition coefficient (Wildman–Crippen LogP) is 4.45. The number of carbonyl (C=O) groups excluding carboxylic acids is 1. The van der Waals surface area contributed by atoms with Crippen LogP contribution in [0.25, 0.3) is 0 Å². The van der Waals surface area contributed by atoms with Crippen LogP contribution in [0.4, 0.5) is 0 Å². The molecule has 2 heterocycles. The number of methoxy groups -OCH3 is 1. The minimum absolute atomic E-state index is 0.0327. The first-order chi connectivity index (χ1) is 14.2. The number of nitrogens with zero attached hydrogens (tertiary/aromatic N) is 2. The molecule has 0 aliphatic carbocycles. The van der Waals surface area contributed by atoms with Crippen LogP contribution in [0.15, 0.2) is 84.0 Å². The summed E-state index contributed by atoms with van der Waals surface area (Å²) < 4.78 is 11.4. The van der Waals surface area contributed by atoms with Gasteiger partial charge >= 0.3 is 0 Å². The molecular weight excluding hydrogens is 364 g/mol. The van der Waals surface area contributed by atoms with Crippen molar-refractivity contribution in [3.8, 4) is 11.5 Å². The molecule has 2 aliphatic heterocycles. The highest BCUT2D eigenvalue weighted by Crippen LogP contribution is 2.43. The Morgan fingerprint density at radius 1 is 1.00 bits per heavy atom. The van der Waals surface area contributed by atoms with Crippen LogP contribution in [0.3, 0.4) is 0 Å². The summed E-state index contributed by atoms with van der Waals surface area (Å²) in [7, 11) is 1.65. The molecule has 0 saturated heterocycles. The van der Waals surface area contributed by atoms with Crippen LogP contribution >= 0.6 is 0 Å². The van der Waals surface area contributed by atoms with Gasteiger partial charge in [-0.05, 0) is 35.9 Å². The Hall–Kier alpha value is -3.60. The number of ketones is 1. The van der Waals surface area contributed by atoms with E-state index >= 15 is 0 Å². The number of hydrogen-bond acceptors (Lipinski definition) is 5. The van der Waals surface area contributed by atoms with Crippen LogP contribution in [0.5, 0.6) is 11.5 Å². The maximum absolute atomic E-state index is 13.2. The molecule has 3 aromatic rings. The largest absolute Gasteiger partial charge is 0.497 e. The summed E-state index contributed by atoms with van der Waals surface area (Å²) in [6.45, 7) is 0. The fraction of sp³-hybridized carbons (Fsp3) is 0.167. The van der Waals surface area contributed by atoms with Gasteiger partial charge in [-0.2, -0.15) is 5.10 Å². The molecule has 5 heteroatoms. The third-order valence-electron chi connectivity index (χ3n) is 5.40. The second-order valence-electron chi connectivity index (χ2n) is 7.11. The lowest BCUT2D eigenvalue weighted by molar-refractivity contribution is -0.00455. The minimum atomic E-state index is -0.784. The van der Waals surface area contributed by atoms with Crippen molar-refractivity contribution in [2.75, 3.05) is 7.11 Å². The Morgan fingerprint density at radius 2 is 1.72 bits per heavy atom. The van der Waals surface area contributed by atoms with E-state index in [0.717, 1.165) is 28.3 Å². The second-order valence-corrected chi connectivity index (χ2v) is 7.11. The van der Waals surface area contributed by atoms with E-state index in [1.54, 1.807) is 7.11 Å². The molecule has 3 aromatic carbocycles. The van der Waals surface area contributed by atoms with Gasteiger partial charge in [-0.3, -0.25) is 4.79 Å². The van der Waals surface area contributed by atoms with E-state index in [1.807, 2.05) is 83.9 Å². The highest BCUT2D eigenvalue weighted by atomic mass is 16.5.